The first-order valence-electron chi connectivity index (χ1n) is 34.3. The molecule has 0 fully saturated rings. The minimum atomic E-state index is -4.63. The van der Waals surface area contributed by atoms with Gasteiger partial charge in [0, 0.05) is 66.2 Å². The van der Waals surface area contributed by atoms with E-state index in [0.717, 1.165) is 21.9 Å². The van der Waals surface area contributed by atoms with Crippen LogP contribution in [0.4, 0.5) is 0 Å². The van der Waals surface area contributed by atoms with E-state index in [1.165, 1.54) is 21.3 Å². The number of fused-ring (bicyclic) bond motifs is 5. The molecule has 10 aromatic rings. The Morgan fingerprint density at radius 1 is 0.671 bits per heavy atom. The van der Waals surface area contributed by atoms with Crippen molar-refractivity contribution in [3.05, 3.63) is 198 Å². The van der Waals surface area contributed by atoms with Crippen molar-refractivity contribution in [3.8, 4) is 50.9 Å². The summed E-state index contributed by atoms with van der Waals surface area (Å²) in [6.07, 6.45) is -4.18. The number of ether oxygens (including phenoxy) is 1. The number of pyridine rings is 1. The first-order chi connectivity index (χ1) is 42.8. The van der Waals surface area contributed by atoms with Crippen LogP contribution in [0.25, 0.3) is 72.3 Å². The van der Waals surface area contributed by atoms with Crippen molar-refractivity contribution in [1.82, 2.24) is 14.1 Å². The molecule has 3 aromatic heterocycles. The number of nitrogens with zero attached hydrogens (tertiary/aromatic N) is 4. The van der Waals surface area contributed by atoms with Crippen molar-refractivity contribution in [3.63, 3.8) is 0 Å². The fraction of sp³-hybridized carbons (Fsp3) is 0.250. The van der Waals surface area contributed by atoms with E-state index in [-0.39, 0.29) is 66.0 Å². The third kappa shape index (κ3) is 8.30. The Morgan fingerprint density at radius 2 is 1.36 bits per heavy atom. The van der Waals surface area contributed by atoms with Gasteiger partial charge in [-0.2, -0.15) is 18.2 Å². The first kappa shape index (κ1) is 26.6. The molecule has 70 heavy (non-hydrogen) atoms. The largest absolute Gasteiger partial charge is 0.510 e. The molecule has 354 valence electrons. The van der Waals surface area contributed by atoms with Gasteiger partial charge >= 0.3 is 0 Å². The molecule has 0 saturated heterocycles. The van der Waals surface area contributed by atoms with Gasteiger partial charge in [0.1, 0.15) is 5.82 Å². The molecule has 1 aliphatic carbocycles. The summed E-state index contributed by atoms with van der Waals surface area (Å²) in [6, 6.07) is 28.3. The van der Waals surface area contributed by atoms with E-state index in [1.54, 1.807) is 75.5 Å². The number of benzene rings is 7. The van der Waals surface area contributed by atoms with Gasteiger partial charge < -0.3 is 13.9 Å². The molecule has 0 bridgehead atoms. The number of rotatable bonds is 7. The van der Waals surface area contributed by atoms with Crippen LogP contribution in [0.3, 0.4) is 0 Å². The van der Waals surface area contributed by atoms with Gasteiger partial charge in [-0.05, 0) is 108 Å². The zero-order valence-corrected chi connectivity index (χ0v) is 41.2. The van der Waals surface area contributed by atoms with Gasteiger partial charge in [0.25, 0.3) is 6.33 Å². The van der Waals surface area contributed by atoms with E-state index in [1.807, 2.05) is 47.0 Å². The van der Waals surface area contributed by atoms with Crippen LogP contribution in [-0.2, 0) is 42.7 Å². The van der Waals surface area contributed by atoms with Crippen LogP contribution in [0.5, 0.6) is 11.5 Å². The molecule has 1 aliphatic rings. The number of para-hydroxylation sites is 3. The van der Waals surface area contributed by atoms with Gasteiger partial charge in [0.05, 0.1) is 27.7 Å². The predicted molar refractivity (Wildman–Crippen MR) is 284 cm³/mol. The normalized spacial score (nSPS) is 21.6. The molecule has 7 aromatic carbocycles. The molecule has 0 aliphatic heterocycles. The maximum absolute atomic E-state index is 10.4. The number of aromatic nitrogens is 4. The van der Waals surface area contributed by atoms with Crippen molar-refractivity contribution in [2.45, 2.75) is 103 Å². The van der Waals surface area contributed by atoms with Gasteiger partial charge in [0.15, 0.2) is 0 Å². The Hall–Kier alpha value is -6.55. The van der Waals surface area contributed by atoms with Crippen LogP contribution in [0.1, 0.15) is 137 Å². The second-order valence-electron chi connectivity index (χ2n) is 19.3. The van der Waals surface area contributed by atoms with E-state index in [2.05, 4.69) is 39.2 Å². The Labute approximate surface area is 461 Å². The molecule has 0 saturated carbocycles. The quantitative estimate of drug-likeness (QED) is 0.118. The second kappa shape index (κ2) is 17.4. The third-order valence-corrected chi connectivity index (χ3v) is 12.4. The van der Waals surface area contributed by atoms with E-state index in [9.17, 15) is 12.3 Å². The van der Waals surface area contributed by atoms with Crippen LogP contribution in [0.2, 0.25) is 0 Å². The van der Waals surface area contributed by atoms with Gasteiger partial charge in [0.2, 0.25) is 0 Å². The van der Waals surface area contributed by atoms with Crippen molar-refractivity contribution in [2.75, 3.05) is 0 Å². The minimum Gasteiger partial charge on any atom is -0.510 e. The molecular weight excluding hydrogens is 1040 g/mol. The molecule has 6 heteroatoms. The molecule has 0 amide bonds. The Kier molecular flexibility index (Phi) is 6.61. The fourth-order valence-electron chi connectivity index (χ4n) is 8.82. The summed E-state index contributed by atoms with van der Waals surface area (Å²) >= 11 is 0. The Balaban J connectivity index is 0.00000964. The molecule has 0 atom stereocenters. The van der Waals surface area contributed by atoms with Crippen LogP contribution < -0.4 is 9.30 Å². The monoisotopic (exact) mass is 1120 g/mol. The third-order valence-electron chi connectivity index (χ3n) is 12.4. The van der Waals surface area contributed by atoms with Crippen molar-refractivity contribution < 1.29 is 63.3 Å². The minimum absolute atomic E-state index is 0. The summed E-state index contributed by atoms with van der Waals surface area (Å²) in [7, 11) is 0. The Bertz CT molecular complexity index is 4700. The van der Waals surface area contributed by atoms with Crippen LogP contribution in [0.15, 0.2) is 158 Å². The average molecular weight is 1120 g/mol. The Morgan fingerprint density at radius 3 is 2.10 bits per heavy atom. The smallest absolute Gasteiger partial charge is 0.268 e. The SMILES string of the molecule is [2H]c1c([2H])c([2H])c(-c2cc(C(C)(C)C)cc(-c3c([2H])c([2H])c4c(c3[2H])C(C([2H])([2H])[2H])(C([2H])([2H])[2H])C([2H])([2H])C([2H])([2H])C4(C([2H])([2H])[2H])C([2H])([2H])[2H])c2-[n+]2[c-]n(-c3[c-]c(Oc4[c-]c5c(cc4)c4ccccc4n5-c4cc(C(C)(C)C)ccn4)ccc3)c3ccccc32)c([2H])c1[2H].[Pt]. The molecule has 11 rings (SSSR count). The molecule has 0 radical (unpaired) electrons. The first-order valence-corrected chi connectivity index (χ1v) is 22.3. The summed E-state index contributed by atoms with van der Waals surface area (Å²) in [6.45, 7) is -5.93. The molecule has 0 spiro atoms. The summed E-state index contributed by atoms with van der Waals surface area (Å²) in [5, 5.41) is 1.82. The van der Waals surface area contributed by atoms with Gasteiger partial charge in [-0.25, -0.2) is 4.98 Å². The summed E-state index contributed by atoms with van der Waals surface area (Å²) < 4.78 is 232. The molecule has 3 heterocycles. The van der Waals surface area contributed by atoms with E-state index in [0.29, 0.717) is 16.9 Å². The van der Waals surface area contributed by atoms with E-state index in [4.69, 9.17) is 30.3 Å². The van der Waals surface area contributed by atoms with Crippen molar-refractivity contribution in [2.24, 2.45) is 0 Å². The molecule has 0 N–H and O–H groups in total. The predicted octanol–water partition coefficient (Wildman–Crippen LogP) is 15.9. The summed E-state index contributed by atoms with van der Waals surface area (Å²) in [4.78, 5) is 4.78. The molecule has 0 unspecified atom stereocenters. The van der Waals surface area contributed by atoms with Gasteiger partial charge in [-0.15, -0.1) is 29.7 Å². The molecular formula is C64H60N4OPt-2. The summed E-state index contributed by atoms with van der Waals surface area (Å²) in [5.74, 6) is 1.11. The van der Waals surface area contributed by atoms with Gasteiger partial charge in [-0.3, -0.25) is 4.57 Å². The maximum atomic E-state index is 10.4. The number of hydrogen-bond acceptors (Lipinski definition) is 2. The van der Waals surface area contributed by atoms with E-state index < -0.39 is 133 Å². The van der Waals surface area contributed by atoms with Crippen molar-refractivity contribution in [1.29, 1.82) is 0 Å². The fourth-order valence-corrected chi connectivity index (χ4v) is 8.82. The van der Waals surface area contributed by atoms with Gasteiger partial charge in [-0.1, -0.05) is 177 Å². The standard InChI is InChI=1S/C64H60N4O.Pt/c1-61(2,3)44-31-34-65-59(38-44)68-55-24-15-14-23-49(55)50-29-28-48(40-58(50)68)69-47-22-18-21-46(39-47)66-41-67(57-26-17-16-25-56(57)66)60-51(42-19-12-11-13-20-42)36-45(62(4,5)6)37-52(60)43-27-30-53-54(35-43)64(9,10)33-32-63(53,7)8;/h11-31,34-38H,32-33H2,1-10H3;/q-2;/i7D3,8D3,9D3,10D3,11D,12D,13D,19D,20D,27D,30D,32D2,33D2,35D;. The zero-order chi connectivity index (χ0) is 68.6. The zero-order valence-electron chi connectivity index (χ0n) is 62.9. The second-order valence-corrected chi connectivity index (χ2v) is 19.3. The van der Waals surface area contributed by atoms with Crippen LogP contribution in [0, 0.1) is 18.5 Å². The topological polar surface area (TPSA) is 35.9 Å². The van der Waals surface area contributed by atoms with Crippen LogP contribution >= 0.6 is 0 Å². The number of imidazole rings is 1. The van der Waals surface area contributed by atoms with Crippen LogP contribution in [-0.4, -0.2) is 14.1 Å². The average Bonchev–Trinajstić information content (AvgIpc) is 0.731. The van der Waals surface area contributed by atoms with E-state index >= 15 is 0 Å². The maximum Gasteiger partial charge on any atom is 0.268 e. The van der Waals surface area contributed by atoms with Crippen molar-refractivity contribution >= 4 is 32.8 Å². The number of hydrogen-bond donors (Lipinski definition) is 0. The summed E-state index contributed by atoms with van der Waals surface area (Å²) in [5.41, 5.74) is -12.5. The molecule has 5 nitrogen and oxygen atoms in total.